The summed E-state index contributed by atoms with van der Waals surface area (Å²) >= 11 is 0. The van der Waals surface area contributed by atoms with Crippen LogP contribution in [0.1, 0.15) is 25.5 Å². The third-order valence-electron chi connectivity index (χ3n) is 5.35. The first-order chi connectivity index (χ1) is 11.3. The van der Waals surface area contributed by atoms with Crippen molar-refractivity contribution in [2.45, 2.75) is 32.4 Å². The molecule has 0 amide bonds. The van der Waals surface area contributed by atoms with E-state index in [4.69, 9.17) is 9.47 Å². The highest BCUT2D eigenvalue weighted by Gasteiger charge is 2.28. The minimum absolute atomic E-state index is 0.677. The van der Waals surface area contributed by atoms with Crippen LogP contribution >= 0.6 is 0 Å². The molecular weight excluding hydrogens is 290 g/mol. The third-order valence-corrected chi connectivity index (χ3v) is 5.35. The summed E-state index contributed by atoms with van der Waals surface area (Å²) in [5.74, 6) is 1.70. The van der Waals surface area contributed by atoms with Crippen molar-refractivity contribution in [3.8, 4) is 5.75 Å². The third kappa shape index (κ3) is 4.43. The largest absolute Gasteiger partial charge is 0.497 e. The van der Waals surface area contributed by atoms with E-state index in [1.807, 2.05) is 18.3 Å². The summed E-state index contributed by atoms with van der Waals surface area (Å²) in [6.07, 6.45) is 4.40. The van der Waals surface area contributed by atoms with Crippen LogP contribution in [-0.2, 0) is 11.3 Å². The molecule has 0 bridgehead atoms. The Bertz CT molecular complexity index is 483. The molecule has 1 aromatic heterocycles. The highest BCUT2D eigenvalue weighted by molar-refractivity contribution is 5.22. The number of piperidine rings is 1. The molecule has 2 aliphatic heterocycles. The zero-order valence-electron chi connectivity index (χ0n) is 14.4. The van der Waals surface area contributed by atoms with Gasteiger partial charge in [-0.3, -0.25) is 14.8 Å². The first-order valence-electron chi connectivity index (χ1n) is 8.79. The summed E-state index contributed by atoms with van der Waals surface area (Å²) in [4.78, 5) is 9.59. The van der Waals surface area contributed by atoms with Crippen molar-refractivity contribution < 1.29 is 9.47 Å². The van der Waals surface area contributed by atoms with E-state index in [1.165, 1.54) is 12.8 Å². The van der Waals surface area contributed by atoms with Crippen molar-refractivity contribution in [1.82, 2.24) is 14.8 Å². The fourth-order valence-electron chi connectivity index (χ4n) is 3.77. The summed E-state index contributed by atoms with van der Waals surface area (Å²) in [7, 11) is 1.71. The maximum Gasteiger partial charge on any atom is 0.122 e. The standard InChI is InChI=1S/C18H29N3O2/c1-15(21-9-11-23-12-10-21)16-4-7-20(8-5-16)14-17-13-18(22-2)3-6-19-17/h3,6,13,15-16H,4-5,7-12,14H2,1-2H3/t15-/m0/s1. The maximum atomic E-state index is 5.47. The minimum Gasteiger partial charge on any atom is -0.497 e. The lowest BCUT2D eigenvalue weighted by atomic mass is 9.89. The molecule has 0 radical (unpaired) electrons. The smallest absolute Gasteiger partial charge is 0.122 e. The van der Waals surface area contributed by atoms with Gasteiger partial charge in [-0.05, 0) is 44.8 Å². The second-order valence-corrected chi connectivity index (χ2v) is 6.69. The van der Waals surface area contributed by atoms with Crippen molar-refractivity contribution in [3.63, 3.8) is 0 Å². The molecule has 0 aromatic carbocycles. The van der Waals surface area contributed by atoms with Gasteiger partial charge < -0.3 is 9.47 Å². The number of pyridine rings is 1. The molecule has 23 heavy (non-hydrogen) atoms. The molecule has 0 spiro atoms. The number of likely N-dealkylation sites (tertiary alicyclic amines) is 1. The van der Waals surface area contributed by atoms with Crippen LogP contribution in [-0.4, -0.2) is 67.3 Å². The molecule has 0 aliphatic carbocycles. The fraction of sp³-hybridized carbons (Fsp3) is 0.722. The molecule has 3 heterocycles. The lowest BCUT2D eigenvalue weighted by molar-refractivity contribution is -0.00198. The number of hydrogen-bond acceptors (Lipinski definition) is 5. The molecule has 5 nitrogen and oxygen atoms in total. The number of rotatable bonds is 5. The highest BCUT2D eigenvalue weighted by atomic mass is 16.5. The number of ether oxygens (including phenoxy) is 2. The van der Waals surface area contributed by atoms with Crippen LogP contribution in [0.25, 0.3) is 0 Å². The molecule has 3 rings (SSSR count). The summed E-state index contributed by atoms with van der Waals surface area (Å²) in [5, 5.41) is 0. The van der Waals surface area contributed by atoms with Gasteiger partial charge in [0.25, 0.3) is 0 Å². The van der Waals surface area contributed by atoms with Crippen LogP contribution in [0.5, 0.6) is 5.75 Å². The number of morpholine rings is 1. The Morgan fingerprint density at radius 2 is 2.00 bits per heavy atom. The average molecular weight is 319 g/mol. The molecule has 2 fully saturated rings. The van der Waals surface area contributed by atoms with E-state index >= 15 is 0 Å². The quantitative estimate of drug-likeness (QED) is 0.830. The number of hydrogen-bond donors (Lipinski definition) is 0. The van der Waals surface area contributed by atoms with Gasteiger partial charge in [0.2, 0.25) is 0 Å². The van der Waals surface area contributed by atoms with Crippen LogP contribution in [0, 0.1) is 5.92 Å². The molecule has 5 heteroatoms. The van der Waals surface area contributed by atoms with E-state index in [1.54, 1.807) is 7.11 Å². The van der Waals surface area contributed by atoms with Gasteiger partial charge in [0.05, 0.1) is 26.0 Å². The Balaban J connectivity index is 1.47. The molecule has 0 saturated carbocycles. The Morgan fingerprint density at radius 1 is 1.26 bits per heavy atom. The average Bonchev–Trinajstić information content (AvgIpc) is 2.63. The molecule has 2 aliphatic rings. The molecule has 1 atom stereocenters. The number of aromatic nitrogens is 1. The van der Waals surface area contributed by atoms with Gasteiger partial charge in [-0.2, -0.15) is 0 Å². The first kappa shape index (κ1) is 16.7. The Kier molecular flexibility index (Phi) is 5.86. The zero-order valence-corrected chi connectivity index (χ0v) is 14.4. The Hall–Kier alpha value is -1.17. The molecule has 2 saturated heterocycles. The first-order valence-corrected chi connectivity index (χ1v) is 8.79. The predicted octanol–water partition coefficient (Wildman–Crippen LogP) is 2.02. The van der Waals surface area contributed by atoms with Gasteiger partial charge in [-0.25, -0.2) is 0 Å². The van der Waals surface area contributed by atoms with Crippen LogP contribution in [0.15, 0.2) is 18.3 Å². The van der Waals surface area contributed by atoms with E-state index in [0.717, 1.165) is 63.3 Å². The summed E-state index contributed by atoms with van der Waals surface area (Å²) in [5.41, 5.74) is 1.10. The van der Waals surface area contributed by atoms with E-state index in [9.17, 15) is 0 Å². The number of nitrogens with zero attached hydrogens (tertiary/aromatic N) is 3. The van der Waals surface area contributed by atoms with Gasteiger partial charge in [0.15, 0.2) is 0 Å². The molecule has 0 unspecified atom stereocenters. The predicted molar refractivity (Wildman–Crippen MR) is 90.6 cm³/mol. The second-order valence-electron chi connectivity index (χ2n) is 6.69. The van der Waals surface area contributed by atoms with Crippen LogP contribution in [0.4, 0.5) is 0 Å². The Labute approximate surface area is 139 Å². The lowest BCUT2D eigenvalue weighted by Crippen LogP contribution is -2.48. The SMILES string of the molecule is COc1ccnc(CN2CCC([C@H](C)N3CCOCC3)CC2)c1. The topological polar surface area (TPSA) is 37.8 Å². The second kappa shape index (κ2) is 8.08. The van der Waals surface area contributed by atoms with Gasteiger partial charge in [0.1, 0.15) is 5.75 Å². The Morgan fingerprint density at radius 3 is 2.70 bits per heavy atom. The van der Waals surface area contributed by atoms with Crippen molar-refractivity contribution in [3.05, 3.63) is 24.0 Å². The lowest BCUT2D eigenvalue weighted by Gasteiger charge is -2.41. The maximum absolute atomic E-state index is 5.47. The van der Waals surface area contributed by atoms with Gasteiger partial charge in [0, 0.05) is 37.9 Å². The molecule has 1 aromatic rings. The number of methoxy groups -OCH3 is 1. The highest BCUT2D eigenvalue weighted by Crippen LogP contribution is 2.25. The van der Waals surface area contributed by atoms with Crippen molar-refractivity contribution >= 4 is 0 Å². The van der Waals surface area contributed by atoms with E-state index in [0.29, 0.717) is 6.04 Å². The molecule has 128 valence electrons. The van der Waals surface area contributed by atoms with Crippen LogP contribution in [0.3, 0.4) is 0 Å². The van der Waals surface area contributed by atoms with Gasteiger partial charge >= 0.3 is 0 Å². The van der Waals surface area contributed by atoms with Crippen molar-refractivity contribution in [1.29, 1.82) is 0 Å². The molecule has 0 N–H and O–H groups in total. The van der Waals surface area contributed by atoms with E-state index in [-0.39, 0.29) is 0 Å². The summed E-state index contributed by atoms with van der Waals surface area (Å²) < 4.78 is 10.8. The monoisotopic (exact) mass is 319 g/mol. The summed E-state index contributed by atoms with van der Waals surface area (Å²) in [6.45, 7) is 9.63. The van der Waals surface area contributed by atoms with Crippen molar-refractivity contribution in [2.75, 3.05) is 46.5 Å². The minimum atomic E-state index is 0.677. The van der Waals surface area contributed by atoms with Crippen molar-refractivity contribution in [2.24, 2.45) is 5.92 Å². The van der Waals surface area contributed by atoms with E-state index < -0.39 is 0 Å². The van der Waals surface area contributed by atoms with Gasteiger partial charge in [-0.15, -0.1) is 0 Å². The van der Waals surface area contributed by atoms with Gasteiger partial charge in [-0.1, -0.05) is 0 Å². The summed E-state index contributed by atoms with van der Waals surface area (Å²) in [6, 6.07) is 4.62. The van der Waals surface area contributed by atoms with Crippen LogP contribution < -0.4 is 4.74 Å². The fourth-order valence-corrected chi connectivity index (χ4v) is 3.77. The normalized spacial score (nSPS) is 22.9. The zero-order chi connectivity index (χ0) is 16.1. The molecular formula is C18H29N3O2. The van der Waals surface area contributed by atoms with E-state index in [2.05, 4.69) is 21.7 Å². The van der Waals surface area contributed by atoms with Crippen LogP contribution in [0.2, 0.25) is 0 Å².